The fraction of sp³-hybridized carbons (Fsp3) is 0.250. The predicted molar refractivity (Wildman–Crippen MR) is 153 cm³/mol. The maximum absolute atomic E-state index is 15.3. The van der Waals surface area contributed by atoms with E-state index in [-0.39, 0.29) is 49.1 Å². The van der Waals surface area contributed by atoms with E-state index in [1.54, 1.807) is 35.2 Å². The van der Waals surface area contributed by atoms with Gasteiger partial charge in [0.2, 0.25) is 5.82 Å². The number of ketones is 1. The van der Waals surface area contributed by atoms with E-state index in [9.17, 15) is 22.8 Å². The van der Waals surface area contributed by atoms with Gasteiger partial charge in [0.15, 0.2) is 29.1 Å². The Labute approximate surface area is 256 Å². The van der Waals surface area contributed by atoms with Crippen molar-refractivity contribution in [3.8, 4) is 0 Å². The van der Waals surface area contributed by atoms with E-state index in [1.807, 2.05) is 30.3 Å². The second-order valence-electron chi connectivity index (χ2n) is 10.3. The number of carbonyl (C=O) groups excluding carboxylic acids is 2. The van der Waals surface area contributed by atoms with Crippen LogP contribution in [0.25, 0.3) is 0 Å². The lowest BCUT2D eigenvalue weighted by atomic mass is 9.76. The normalized spacial score (nSPS) is 17.5. The smallest absolute Gasteiger partial charge is 0.336 e. The first-order valence-electron chi connectivity index (χ1n) is 13.4. The lowest BCUT2D eigenvalue weighted by Gasteiger charge is -2.38. The summed E-state index contributed by atoms with van der Waals surface area (Å²) in [7, 11) is 1.40. The van der Waals surface area contributed by atoms with Gasteiger partial charge in [-0.2, -0.15) is 0 Å². The van der Waals surface area contributed by atoms with E-state index < -0.39 is 64.0 Å². The van der Waals surface area contributed by atoms with Crippen molar-refractivity contribution >= 4 is 24.2 Å². The van der Waals surface area contributed by atoms with Gasteiger partial charge in [-0.25, -0.2) is 26.7 Å². The third kappa shape index (κ3) is 6.26. The van der Waals surface area contributed by atoms with Gasteiger partial charge < -0.3 is 14.8 Å². The maximum Gasteiger partial charge on any atom is 0.336 e. The molecule has 0 amide bonds. The number of benzene rings is 3. The Bertz CT molecular complexity index is 1600. The summed E-state index contributed by atoms with van der Waals surface area (Å²) in [6, 6.07) is 18.0. The highest BCUT2D eigenvalue weighted by molar-refractivity contribution is 6.04. The van der Waals surface area contributed by atoms with Gasteiger partial charge >= 0.3 is 5.97 Å². The van der Waals surface area contributed by atoms with Gasteiger partial charge in [0.1, 0.15) is 12.7 Å². The molecule has 6 nitrogen and oxygen atoms in total. The van der Waals surface area contributed by atoms with Crippen molar-refractivity contribution in [1.29, 1.82) is 0 Å². The molecule has 0 saturated carbocycles. The van der Waals surface area contributed by atoms with Crippen LogP contribution < -0.4 is 5.32 Å². The molecule has 0 saturated heterocycles. The second kappa shape index (κ2) is 13.7. The summed E-state index contributed by atoms with van der Waals surface area (Å²) >= 11 is 0. The molecule has 2 aliphatic rings. The zero-order valence-corrected chi connectivity index (χ0v) is 24.5. The van der Waals surface area contributed by atoms with Crippen LogP contribution in [0.5, 0.6) is 0 Å². The van der Waals surface area contributed by atoms with Gasteiger partial charge in [-0.05, 0) is 18.1 Å². The van der Waals surface area contributed by atoms with Crippen LogP contribution in [-0.4, -0.2) is 43.5 Å². The maximum atomic E-state index is 15.3. The molecule has 0 aliphatic carbocycles. The number of halogens is 6. The van der Waals surface area contributed by atoms with Crippen LogP contribution in [0, 0.1) is 29.1 Å². The van der Waals surface area contributed by atoms with E-state index in [2.05, 4.69) is 5.32 Å². The fourth-order valence-corrected chi connectivity index (χ4v) is 5.50. The van der Waals surface area contributed by atoms with Crippen molar-refractivity contribution in [2.45, 2.75) is 25.5 Å². The number of allylic oxidation sites excluding steroid dienone is 1. The highest BCUT2D eigenvalue weighted by Gasteiger charge is 2.45. The Morgan fingerprint density at radius 2 is 1.48 bits per heavy atom. The zero-order chi connectivity index (χ0) is 30.8. The van der Waals surface area contributed by atoms with Crippen LogP contribution in [0.2, 0.25) is 0 Å². The molecule has 3 aromatic rings. The Morgan fingerprint density at radius 3 is 2.07 bits per heavy atom. The molecule has 2 heterocycles. The first-order valence-corrected chi connectivity index (χ1v) is 13.4. The fourth-order valence-electron chi connectivity index (χ4n) is 5.50. The molecule has 0 aromatic heterocycles. The molecule has 1 N–H and O–H groups in total. The van der Waals surface area contributed by atoms with Crippen molar-refractivity contribution < 1.29 is 41.0 Å². The number of hydrogen-bond donors (Lipinski definition) is 1. The first kappa shape index (κ1) is 32.8. The number of rotatable bonds is 8. The van der Waals surface area contributed by atoms with Crippen molar-refractivity contribution in [2.24, 2.45) is 0 Å². The number of carbonyl (C=O) groups is 2. The summed E-state index contributed by atoms with van der Waals surface area (Å²) in [5, 5.41) is 2.97. The molecule has 12 heteroatoms. The van der Waals surface area contributed by atoms with Crippen molar-refractivity contribution in [3.63, 3.8) is 0 Å². The molecule has 0 fully saturated rings. The van der Waals surface area contributed by atoms with E-state index in [1.165, 1.54) is 14.0 Å². The highest BCUT2D eigenvalue weighted by atomic mass is 35.5. The van der Waals surface area contributed by atoms with E-state index in [0.29, 0.717) is 12.1 Å². The summed E-state index contributed by atoms with van der Waals surface area (Å²) in [6.07, 6.45) is -0.715. The van der Waals surface area contributed by atoms with E-state index in [4.69, 9.17) is 9.47 Å². The first-order chi connectivity index (χ1) is 20.6. The third-order valence-electron chi connectivity index (χ3n) is 7.52. The Hall–Kier alpha value is -4.06. The number of nitrogens with zero attached hydrogens (tertiary/aromatic N) is 1. The molecule has 0 radical (unpaired) electrons. The lowest BCUT2D eigenvalue weighted by Crippen LogP contribution is -2.45. The van der Waals surface area contributed by atoms with Crippen molar-refractivity contribution in [1.82, 2.24) is 10.2 Å². The summed E-state index contributed by atoms with van der Waals surface area (Å²) < 4.78 is 84.5. The summed E-state index contributed by atoms with van der Waals surface area (Å²) in [5.74, 6) is -14.6. The molecule has 1 unspecified atom stereocenters. The zero-order valence-electron chi connectivity index (χ0n) is 23.6. The van der Waals surface area contributed by atoms with E-state index >= 15 is 8.78 Å². The van der Waals surface area contributed by atoms with E-state index in [0.717, 1.165) is 5.56 Å². The number of Topliss-reactive ketones (excluding diaryl/α,β-unsaturated/α-hetero) is 1. The predicted octanol–water partition coefficient (Wildman–Crippen LogP) is 6.03. The van der Waals surface area contributed by atoms with Gasteiger partial charge in [-0.1, -0.05) is 60.7 Å². The molecule has 2 atom stereocenters. The van der Waals surface area contributed by atoms with Gasteiger partial charge in [0.25, 0.3) is 0 Å². The topological polar surface area (TPSA) is 67.9 Å². The summed E-state index contributed by atoms with van der Waals surface area (Å²) in [5.41, 5.74) is -0.212. The Balaban J connectivity index is 0.00000442. The average molecular weight is 635 g/mol. The van der Waals surface area contributed by atoms with Crippen molar-refractivity contribution in [2.75, 3.05) is 26.8 Å². The minimum atomic E-state index is -2.35. The quantitative estimate of drug-likeness (QED) is 0.141. The second-order valence-corrected chi connectivity index (χ2v) is 10.3. The standard InChI is InChI=1S/C32H27F5N2O4.ClH/c1-17-23(32(41)43-16-22(42-2)19-11-7-4-8-12-19)25(26-27(33)29(35)31(37)30(36)28(26)34)24-20(38-17)14-39(15-21(24)40)13-18-9-5-3-6-10-18;/h3-12,22,25,38H,13-16H2,1-2H3;1H/t22-,25?;/m0./s1. The molecule has 3 aromatic carbocycles. The molecule has 232 valence electrons. The van der Waals surface area contributed by atoms with Gasteiger partial charge in [0, 0.05) is 42.7 Å². The Kier molecular flexibility index (Phi) is 10.2. The number of ether oxygens (including phenoxy) is 2. The largest absolute Gasteiger partial charge is 0.459 e. The van der Waals surface area contributed by atoms with Crippen LogP contribution in [0.4, 0.5) is 22.0 Å². The summed E-state index contributed by atoms with van der Waals surface area (Å²) in [6.45, 7) is 1.30. The number of methoxy groups -OCH3 is 1. The summed E-state index contributed by atoms with van der Waals surface area (Å²) in [4.78, 5) is 28.9. The van der Waals surface area contributed by atoms with Crippen LogP contribution in [0.3, 0.4) is 0 Å². The molecule has 0 spiro atoms. The number of esters is 1. The van der Waals surface area contributed by atoms with Crippen LogP contribution >= 0.6 is 12.4 Å². The van der Waals surface area contributed by atoms with Gasteiger partial charge in [0.05, 0.1) is 18.0 Å². The van der Waals surface area contributed by atoms with Gasteiger partial charge in [-0.3, -0.25) is 9.69 Å². The SMILES string of the molecule is CO[C@@H](COC(=O)C1=C(C)NC2=C(C(=O)CN(Cc3ccccc3)C2)C1c1c(F)c(F)c(F)c(F)c1F)c1ccccc1.Cl. The van der Waals surface area contributed by atoms with Crippen LogP contribution in [0.1, 0.15) is 35.6 Å². The monoisotopic (exact) mass is 634 g/mol. The Morgan fingerprint density at radius 1 is 0.909 bits per heavy atom. The number of nitrogens with one attached hydrogen (secondary N) is 1. The number of hydrogen-bond acceptors (Lipinski definition) is 6. The van der Waals surface area contributed by atoms with Gasteiger partial charge in [-0.15, -0.1) is 12.4 Å². The molecule has 5 rings (SSSR count). The van der Waals surface area contributed by atoms with Crippen LogP contribution in [0.15, 0.2) is 83.2 Å². The minimum Gasteiger partial charge on any atom is -0.459 e. The molecular weight excluding hydrogens is 607 g/mol. The van der Waals surface area contributed by atoms with Crippen LogP contribution in [-0.2, 0) is 25.6 Å². The minimum absolute atomic E-state index is 0. The number of dihydropyridines is 1. The third-order valence-corrected chi connectivity index (χ3v) is 7.52. The molecule has 0 bridgehead atoms. The molecule has 44 heavy (non-hydrogen) atoms. The average Bonchev–Trinajstić information content (AvgIpc) is 3.00. The molecule has 2 aliphatic heterocycles. The lowest BCUT2D eigenvalue weighted by molar-refractivity contribution is -0.143. The van der Waals surface area contributed by atoms with Crippen molar-refractivity contribution in [3.05, 3.63) is 129 Å². The highest BCUT2D eigenvalue weighted by Crippen LogP contribution is 2.44. The molecular formula is C32H28ClF5N2O4.